The number of benzene rings is 1. The number of nitrogens with zero attached hydrogens (tertiary/aromatic N) is 1. The van der Waals surface area contributed by atoms with Crippen molar-refractivity contribution in [2.45, 2.75) is 6.92 Å². The minimum atomic E-state index is 0.176. The van der Waals surface area contributed by atoms with Crippen LogP contribution >= 0.6 is 11.6 Å². The van der Waals surface area contributed by atoms with Crippen molar-refractivity contribution in [2.75, 3.05) is 5.73 Å². The highest BCUT2D eigenvalue weighted by molar-refractivity contribution is 6.31. The SMILES string of the molecule is Cc1cc(Cl)cc2nc(N)oc12. The summed E-state index contributed by atoms with van der Waals surface area (Å²) >= 11 is 5.81. The Hall–Kier alpha value is -1.22. The van der Waals surface area contributed by atoms with E-state index in [4.69, 9.17) is 21.8 Å². The molecule has 2 rings (SSSR count). The molecule has 3 nitrogen and oxygen atoms in total. The third-order valence-electron chi connectivity index (χ3n) is 1.66. The number of nitrogens with two attached hydrogens (primary N) is 1. The zero-order valence-corrected chi connectivity index (χ0v) is 7.22. The van der Waals surface area contributed by atoms with E-state index in [0.717, 1.165) is 5.56 Å². The lowest BCUT2D eigenvalue weighted by atomic mass is 10.2. The summed E-state index contributed by atoms with van der Waals surface area (Å²) in [5, 5.41) is 0.647. The van der Waals surface area contributed by atoms with Gasteiger partial charge in [0.25, 0.3) is 6.01 Å². The lowest BCUT2D eigenvalue weighted by molar-refractivity contribution is 0.624. The van der Waals surface area contributed by atoms with Crippen molar-refractivity contribution >= 4 is 28.7 Å². The Kier molecular flexibility index (Phi) is 1.48. The molecule has 0 fully saturated rings. The van der Waals surface area contributed by atoms with Crippen LogP contribution in [0.4, 0.5) is 6.01 Å². The van der Waals surface area contributed by atoms with Crippen LogP contribution in [0, 0.1) is 6.92 Å². The Bertz CT molecular complexity index is 436. The largest absolute Gasteiger partial charge is 0.423 e. The molecule has 2 aromatic rings. The Labute approximate surface area is 74.1 Å². The predicted molar refractivity (Wildman–Crippen MR) is 48.2 cm³/mol. The van der Waals surface area contributed by atoms with Gasteiger partial charge in [0.05, 0.1) is 0 Å². The van der Waals surface area contributed by atoms with Crippen LogP contribution in [0.3, 0.4) is 0 Å². The van der Waals surface area contributed by atoms with E-state index >= 15 is 0 Å². The first-order chi connectivity index (χ1) is 5.66. The molecule has 0 amide bonds. The first kappa shape index (κ1) is 7.43. The monoisotopic (exact) mass is 182 g/mol. The predicted octanol–water partition coefficient (Wildman–Crippen LogP) is 2.37. The van der Waals surface area contributed by atoms with Crippen molar-refractivity contribution in [3.05, 3.63) is 22.7 Å². The summed E-state index contributed by atoms with van der Waals surface area (Å²) in [6, 6.07) is 3.72. The van der Waals surface area contributed by atoms with Crippen LogP contribution in [0.5, 0.6) is 0 Å². The summed E-state index contributed by atoms with van der Waals surface area (Å²) in [4.78, 5) is 3.96. The maximum Gasteiger partial charge on any atom is 0.292 e. The average Bonchev–Trinajstić information content (AvgIpc) is 2.29. The fraction of sp³-hybridized carbons (Fsp3) is 0.125. The number of nitrogen functional groups attached to an aromatic ring is 1. The Morgan fingerprint density at radius 3 is 3.00 bits per heavy atom. The zero-order chi connectivity index (χ0) is 8.72. The maximum absolute atomic E-state index is 5.81. The fourth-order valence-electron chi connectivity index (χ4n) is 1.17. The molecule has 0 bridgehead atoms. The van der Waals surface area contributed by atoms with Gasteiger partial charge in [-0.2, -0.15) is 4.98 Å². The lowest BCUT2D eigenvalue weighted by Gasteiger charge is -1.93. The van der Waals surface area contributed by atoms with Crippen LogP contribution in [-0.2, 0) is 0 Å². The van der Waals surface area contributed by atoms with E-state index < -0.39 is 0 Å². The smallest absolute Gasteiger partial charge is 0.292 e. The summed E-state index contributed by atoms with van der Waals surface area (Å²) in [5.74, 6) is 0. The van der Waals surface area contributed by atoms with Gasteiger partial charge in [0.2, 0.25) is 0 Å². The van der Waals surface area contributed by atoms with Gasteiger partial charge in [0, 0.05) is 5.02 Å². The van der Waals surface area contributed by atoms with Gasteiger partial charge in [-0.15, -0.1) is 0 Å². The number of halogens is 1. The van der Waals surface area contributed by atoms with Gasteiger partial charge in [0.1, 0.15) is 5.52 Å². The van der Waals surface area contributed by atoms with Crippen molar-refractivity contribution in [3.8, 4) is 0 Å². The van der Waals surface area contributed by atoms with E-state index in [1.165, 1.54) is 0 Å². The van der Waals surface area contributed by atoms with Gasteiger partial charge >= 0.3 is 0 Å². The Morgan fingerprint density at radius 1 is 1.50 bits per heavy atom. The van der Waals surface area contributed by atoms with Crippen LogP contribution in [0.2, 0.25) is 5.02 Å². The van der Waals surface area contributed by atoms with Crippen LogP contribution < -0.4 is 5.73 Å². The number of aromatic nitrogens is 1. The van der Waals surface area contributed by atoms with Crippen LogP contribution in [-0.4, -0.2) is 4.98 Å². The highest BCUT2D eigenvalue weighted by Gasteiger charge is 2.06. The summed E-state index contributed by atoms with van der Waals surface area (Å²) in [5.41, 5.74) is 7.75. The van der Waals surface area contributed by atoms with Crippen LogP contribution in [0.1, 0.15) is 5.56 Å². The van der Waals surface area contributed by atoms with E-state index in [9.17, 15) is 0 Å². The second kappa shape index (κ2) is 2.38. The van der Waals surface area contributed by atoms with Gasteiger partial charge < -0.3 is 10.2 Å². The molecule has 0 saturated heterocycles. The van der Waals surface area contributed by atoms with E-state index in [1.54, 1.807) is 6.07 Å². The Morgan fingerprint density at radius 2 is 2.25 bits per heavy atom. The molecule has 2 N–H and O–H groups in total. The molecule has 0 saturated carbocycles. The molecule has 1 heterocycles. The second-order valence-corrected chi connectivity index (χ2v) is 3.06. The highest BCUT2D eigenvalue weighted by atomic mass is 35.5. The van der Waals surface area contributed by atoms with Crippen molar-refractivity contribution in [3.63, 3.8) is 0 Å². The highest BCUT2D eigenvalue weighted by Crippen LogP contribution is 2.24. The third-order valence-corrected chi connectivity index (χ3v) is 1.88. The summed E-state index contributed by atoms with van der Waals surface area (Å²) < 4.78 is 5.16. The number of rotatable bonds is 0. The lowest BCUT2D eigenvalue weighted by Crippen LogP contribution is -1.80. The van der Waals surface area contributed by atoms with E-state index in [2.05, 4.69) is 4.98 Å². The number of aryl methyl sites for hydroxylation is 1. The molecule has 12 heavy (non-hydrogen) atoms. The quantitative estimate of drug-likeness (QED) is 0.681. The summed E-state index contributed by atoms with van der Waals surface area (Å²) in [6.07, 6.45) is 0. The minimum Gasteiger partial charge on any atom is -0.423 e. The molecular formula is C8H7ClN2O. The van der Waals surface area contributed by atoms with Crippen molar-refractivity contribution < 1.29 is 4.42 Å². The number of hydrogen-bond acceptors (Lipinski definition) is 3. The summed E-state index contributed by atoms with van der Waals surface area (Å²) in [6.45, 7) is 1.90. The normalized spacial score (nSPS) is 10.8. The molecule has 0 spiro atoms. The average molecular weight is 183 g/mol. The third kappa shape index (κ3) is 1.02. The minimum absolute atomic E-state index is 0.176. The number of anilines is 1. The van der Waals surface area contributed by atoms with E-state index in [0.29, 0.717) is 16.1 Å². The van der Waals surface area contributed by atoms with Gasteiger partial charge in [0.15, 0.2) is 5.58 Å². The van der Waals surface area contributed by atoms with Gasteiger partial charge in [-0.1, -0.05) is 11.6 Å². The molecule has 0 aliphatic rings. The standard InChI is InChI=1S/C8H7ClN2O/c1-4-2-5(9)3-6-7(4)12-8(10)11-6/h2-3H,1H3,(H2,10,11). The first-order valence-electron chi connectivity index (χ1n) is 3.49. The van der Waals surface area contributed by atoms with E-state index in [1.807, 2.05) is 13.0 Å². The topological polar surface area (TPSA) is 52.0 Å². The molecule has 0 radical (unpaired) electrons. The molecule has 1 aromatic heterocycles. The number of oxazole rings is 1. The van der Waals surface area contributed by atoms with Crippen LogP contribution in [0.15, 0.2) is 16.5 Å². The van der Waals surface area contributed by atoms with E-state index in [-0.39, 0.29) is 6.01 Å². The summed E-state index contributed by atoms with van der Waals surface area (Å²) in [7, 11) is 0. The maximum atomic E-state index is 5.81. The van der Waals surface area contributed by atoms with Gasteiger partial charge in [-0.25, -0.2) is 0 Å². The van der Waals surface area contributed by atoms with Crippen molar-refractivity contribution in [1.82, 2.24) is 4.98 Å². The van der Waals surface area contributed by atoms with Gasteiger partial charge in [-0.3, -0.25) is 0 Å². The van der Waals surface area contributed by atoms with Crippen molar-refractivity contribution in [2.24, 2.45) is 0 Å². The second-order valence-electron chi connectivity index (χ2n) is 2.62. The van der Waals surface area contributed by atoms with Crippen molar-refractivity contribution in [1.29, 1.82) is 0 Å². The molecular weight excluding hydrogens is 176 g/mol. The molecule has 4 heteroatoms. The molecule has 0 aliphatic heterocycles. The number of hydrogen-bond donors (Lipinski definition) is 1. The fourth-order valence-corrected chi connectivity index (χ4v) is 1.44. The number of fused-ring (bicyclic) bond motifs is 1. The molecule has 62 valence electrons. The van der Waals surface area contributed by atoms with Gasteiger partial charge in [-0.05, 0) is 24.6 Å². The molecule has 0 aliphatic carbocycles. The molecule has 1 aromatic carbocycles. The van der Waals surface area contributed by atoms with Crippen LogP contribution in [0.25, 0.3) is 11.1 Å². The first-order valence-corrected chi connectivity index (χ1v) is 3.87. The zero-order valence-electron chi connectivity index (χ0n) is 6.47. The Balaban J connectivity index is 2.88. The molecule has 0 unspecified atom stereocenters. The molecule has 0 atom stereocenters.